The fourth-order valence-electron chi connectivity index (χ4n) is 2.21. The number of benzene rings is 2. The lowest BCUT2D eigenvalue weighted by atomic mass is 10.2. The highest BCUT2D eigenvalue weighted by molar-refractivity contribution is 7.89. The molecule has 0 atom stereocenters. The Balaban J connectivity index is 2.15. The van der Waals surface area contributed by atoms with Gasteiger partial charge in [0.05, 0.1) is 18.1 Å². The Kier molecular flexibility index (Phi) is 6.52. The van der Waals surface area contributed by atoms with Crippen molar-refractivity contribution in [2.45, 2.75) is 25.3 Å². The predicted octanol–water partition coefficient (Wildman–Crippen LogP) is 3.40. The van der Waals surface area contributed by atoms with Crippen LogP contribution in [0.3, 0.4) is 0 Å². The van der Waals surface area contributed by atoms with Crippen molar-refractivity contribution < 1.29 is 17.9 Å². The number of rotatable bonds is 8. The van der Waals surface area contributed by atoms with E-state index >= 15 is 0 Å². The van der Waals surface area contributed by atoms with E-state index < -0.39 is 10.0 Å². The summed E-state index contributed by atoms with van der Waals surface area (Å²) in [5.41, 5.74) is 1.58. The first kappa shape index (κ1) is 19.4. The minimum absolute atomic E-state index is 0.0655. The largest absolute Gasteiger partial charge is 0.490 e. The summed E-state index contributed by atoms with van der Waals surface area (Å²) in [7, 11) is -3.69. The molecule has 0 saturated carbocycles. The summed E-state index contributed by atoms with van der Waals surface area (Å²) < 4.78 is 33.7. The molecule has 0 aromatic heterocycles. The molecular formula is C17H21ClN2O4S. The highest BCUT2D eigenvalue weighted by atomic mass is 35.5. The smallest absolute Gasteiger partial charge is 0.238 e. The van der Waals surface area contributed by atoms with Crippen LogP contribution in [0.2, 0.25) is 5.02 Å². The number of hydrogen-bond acceptors (Lipinski definition) is 5. The molecule has 0 aliphatic heterocycles. The molecular weight excluding hydrogens is 364 g/mol. The van der Waals surface area contributed by atoms with E-state index in [9.17, 15) is 8.42 Å². The van der Waals surface area contributed by atoms with Crippen LogP contribution < -0.4 is 19.9 Å². The van der Waals surface area contributed by atoms with E-state index in [-0.39, 0.29) is 4.90 Å². The summed E-state index contributed by atoms with van der Waals surface area (Å²) in [4.78, 5) is 0.0655. The quantitative estimate of drug-likeness (QED) is 0.727. The molecule has 0 saturated heterocycles. The molecule has 0 aliphatic rings. The Bertz CT molecular complexity index is 823. The van der Waals surface area contributed by atoms with E-state index in [1.807, 2.05) is 19.9 Å². The number of hydrogen-bond donors (Lipinski definition) is 2. The van der Waals surface area contributed by atoms with Crippen LogP contribution >= 0.6 is 11.6 Å². The average Bonchev–Trinajstić information content (AvgIpc) is 2.56. The maximum atomic E-state index is 11.3. The third kappa shape index (κ3) is 5.26. The zero-order valence-electron chi connectivity index (χ0n) is 14.1. The molecule has 0 unspecified atom stereocenters. The first-order valence-electron chi connectivity index (χ1n) is 7.80. The van der Waals surface area contributed by atoms with Gasteiger partial charge in [0, 0.05) is 23.3 Å². The topological polar surface area (TPSA) is 90.6 Å². The second-order valence-corrected chi connectivity index (χ2v) is 7.15. The molecule has 0 radical (unpaired) electrons. The first-order chi connectivity index (χ1) is 11.8. The van der Waals surface area contributed by atoms with Gasteiger partial charge < -0.3 is 14.8 Å². The summed E-state index contributed by atoms with van der Waals surface area (Å²) in [6, 6.07) is 9.75. The maximum absolute atomic E-state index is 11.3. The SMILES string of the molecule is CCOc1cc(Cl)c(CNc2ccc(S(N)(=O)=O)cc2)cc1OCC. The Morgan fingerprint density at radius 1 is 1.04 bits per heavy atom. The molecule has 0 fully saturated rings. The Morgan fingerprint density at radius 3 is 2.12 bits per heavy atom. The molecule has 25 heavy (non-hydrogen) atoms. The molecule has 2 rings (SSSR count). The van der Waals surface area contributed by atoms with Gasteiger partial charge in [-0.15, -0.1) is 0 Å². The standard InChI is InChI=1S/C17H21ClN2O4S/c1-3-23-16-9-12(15(18)10-17(16)24-4-2)11-20-13-5-7-14(8-6-13)25(19,21)22/h5-10,20H,3-4,11H2,1-2H3,(H2,19,21,22). The Labute approximate surface area is 152 Å². The second kappa shape index (κ2) is 8.42. The van der Waals surface area contributed by atoms with E-state index in [1.54, 1.807) is 18.2 Å². The minimum Gasteiger partial charge on any atom is -0.490 e. The normalized spacial score (nSPS) is 11.2. The highest BCUT2D eigenvalue weighted by Gasteiger charge is 2.11. The molecule has 136 valence electrons. The van der Waals surface area contributed by atoms with Crippen LogP contribution in [0.5, 0.6) is 11.5 Å². The van der Waals surface area contributed by atoms with E-state index in [2.05, 4.69) is 5.32 Å². The lowest BCUT2D eigenvalue weighted by molar-refractivity contribution is 0.287. The number of halogens is 1. The van der Waals surface area contributed by atoms with Crippen molar-refractivity contribution in [2.75, 3.05) is 18.5 Å². The fourth-order valence-corrected chi connectivity index (χ4v) is 2.94. The molecule has 2 aromatic rings. The van der Waals surface area contributed by atoms with Crippen molar-refractivity contribution in [3.8, 4) is 11.5 Å². The van der Waals surface area contributed by atoms with Crippen LogP contribution in [0.1, 0.15) is 19.4 Å². The van der Waals surface area contributed by atoms with Gasteiger partial charge >= 0.3 is 0 Å². The molecule has 0 spiro atoms. The number of nitrogens with one attached hydrogen (secondary N) is 1. The van der Waals surface area contributed by atoms with Gasteiger partial charge in [0.15, 0.2) is 11.5 Å². The van der Waals surface area contributed by atoms with Crippen molar-refractivity contribution in [2.24, 2.45) is 5.14 Å². The monoisotopic (exact) mass is 384 g/mol. The molecule has 8 heteroatoms. The number of nitrogens with two attached hydrogens (primary N) is 1. The Morgan fingerprint density at radius 2 is 1.60 bits per heavy atom. The lowest BCUT2D eigenvalue weighted by Gasteiger charge is -2.15. The van der Waals surface area contributed by atoms with Crippen LogP contribution in [0, 0.1) is 0 Å². The predicted molar refractivity (Wildman–Crippen MR) is 98.9 cm³/mol. The lowest BCUT2D eigenvalue weighted by Crippen LogP contribution is -2.12. The average molecular weight is 385 g/mol. The third-order valence-corrected chi connectivity index (χ3v) is 4.66. The van der Waals surface area contributed by atoms with Crippen molar-refractivity contribution in [3.05, 3.63) is 47.0 Å². The van der Waals surface area contributed by atoms with Gasteiger partial charge in [-0.05, 0) is 49.7 Å². The van der Waals surface area contributed by atoms with Crippen molar-refractivity contribution in [1.29, 1.82) is 0 Å². The third-order valence-electron chi connectivity index (χ3n) is 3.38. The van der Waals surface area contributed by atoms with Crippen LogP contribution in [-0.2, 0) is 16.6 Å². The van der Waals surface area contributed by atoms with E-state index in [0.717, 1.165) is 11.3 Å². The number of primary sulfonamides is 1. The fraction of sp³-hybridized carbons (Fsp3) is 0.294. The van der Waals surface area contributed by atoms with Gasteiger partial charge in [0.2, 0.25) is 10.0 Å². The van der Waals surface area contributed by atoms with Gasteiger partial charge in [-0.3, -0.25) is 0 Å². The molecule has 6 nitrogen and oxygen atoms in total. The van der Waals surface area contributed by atoms with E-state index in [4.69, 9.17) is 26.2 Å². The van der Waals surface area contributed by atoms with Crippen LogP contribution in [0.4, 0.5) is 5.69 Å². The highest BCUT2D eigenvalue weighted by Crippen LogP contribution is 2.34. The zero-order valence-corrected chi connectivity index (χ0v) is 15.7. The van der Waals surface area contributed by atoms with Gasteiger partial charge in [0.25, 0.3) is 0 Å². The van der Waals surface area contributed by atoms with Crippen molar-refractivity contribution in [3.63, 3.8) is 0 Å². The first-order valence-corrected chi connectivity index (χ1v) is 9.72. The van der Waals surface area contributed by atoms with Gasteiger partial charge in [-0.2, -0.15) is 0 Å². The minimum atomic E-state index is -3.69. The number of sulfonamides is 1. The molecule has 0 amide bonds. The summed E-state index contributed by atoms with van der Waals surface area (Å²) in [6.45, 7) is 5.27. The zero-order chi connectivity index (χ0) is 18.4. The van der Waals surface area contributed by atoms with Crippen molar-refractivity contribution in [1.82, 2.24) is 0 Å². The van der Waals surface area contributed by atoms with E-state index in [1.165, 1.54) is 12.1 Å². The summed E-state index contributed by atoms with van der Waals surface area (Å²) in [6.07, 6.45) is 0. The van der Waals surface area contributed by atoms with Crippen LogP contribution in [0.15, 0.2) is 41.3 Å². The number of anilines is 1. The van der Waals surface area contributed by atoms with Crippen molar-refractivity contribution >= 4 is 27.3 Å². The van der Waals surface area contributed by atoms with Crippen LogP contribution in [0.25, 0.3) is 0 Å². The molecule has 0 heterocycles. The molecule has 3 N–H and O–H groups in total. The molecule has 0 bridgehead atoms. The maximum Gasteiger partial charge on any atom is 0.238 e. The summed E-state index contributed by atoms with van der Waals surface area (Å²) in [5.74, 6) is 1.24. The van der Waals surface area contributed by atoms with Gasteiger partial charge in [-0.1, -0.05) is 11.6 Å². The van der Waals surface area contributed by atoms with Crippen LogP contribution in [-0.4, -0.2) is 21.6 Å². The molecule has 0 aliphatic carbocycles. The molecule has 2 aromatic carbocycles. The number of ether oxygens (including phenoxy) is 2. The van der Waals surface area contributed by atoms with Gasteiger partial charge in [-0.25, -0.2) is 13.6 Å². The van der Waals surface area contributed by atoms with Gasteiger partial charge in [0.1, 0.15) is 0 Å². The van der Waals surface area contributed by atoms with E-state index in [0.29, 0.717) is 36.3 Å². The Hall–Kier alpha value is -1.96. The summed E-state index contributed by atoms with van der Waals surface area (Å²) in [5, 5.41) is 8.83. The second-order valence-electron chi connectivity index (χ2n) is 5.18. The summed E-state index contributed by atoms with van der Waals surface area (Å²) >= 11 is 6.32.